The molecule has 0 aliphatic carbocycles. The molecule has 0 N–H and O–H groups in total. The summed E-state index contributed by atoms with van der Waals surface area (Å²) in [5.41, 5.74) is 2.15. The molecule has 0 spiro atoms. The van der Waals surface area contributed by atoms with Crippen LogP contribution in [-0.2, 0) is 26.6 Å². The number of carbonyl (C=O) groups is 1. The van der Waals surface area contributed by atoms with Gasteiger partial charge < -0.3 is 14.4 Å². The van der Waals surface area contributed by atoms with Crippen LogP contribution in [0.1, 0.15) is 51.7 Å². The van der Waals surface area contributed by atoms with Gasteiger partial charge in [-0.2, -0.15) is 0 Å². The molecule has 1 aliphatic heterocycles. The zero-order valence-corrected chi connectivity index (χ0v) is 20.9. The van der Waals surface area contributed by atoms with E-state index < -0.39 is 9.84 Å². The van der Waals surface area contributed by atoms with E-state index in [1.807, 2.05) is 48.5 Å². The smallest absolute Gasteiger partial charge is 0.261 e. The van der Waals surface area contributed by atoms with Crippen LogP contribution in [0.25, 0.3) is 0 Å². The fraction of sp³-hybridized carbons (Fsp3) is 0.500. The van der Waals surface area contributed by atoms with E-state index in [-0.39, 0.29) is 35.5 Å². The fourth-order valence-electron chi connectivity index (χ4n) is 3.83. The van der Waals surface area contributed by atoms with Crippen molar-refractivity contribution >= 4 is 15.7 Å². The van der Waals surface area contributed by atoms with Crippen molar-refractivity contribution in [3.63, 3.8) is 0 Å². The summed E-state index contributed by atoms with van der Waals surface area (Å²) < 4.78 is 35.5. The Morgan fingerprint density at radius 2 is 1.61 bits per heavy atom. The average molecular weight is 474 g/mol. The number of benzene rings is 2. The minimum absolute atomic E-state index is 0.00326. The maximum Gasteiger partial charge on any atom is 0.261 e. The van der Waals surface area contributed by atoms with Gasteiger partial charge in [-0.3, -0.25) is 4.79 Å². The Balaban J connectivity index is 1.69. The first kappa shape index (κ1) is 25.1. The van der Waals surface area contributed by atoms with E-state index in [4.69, 9.17) is 9.47 Å². The van der Waals surface area contributed by atoms with Gasteiger partial charge >= 0.3 is 0 Å². The molecule has 2 aromatic rings. The number of hydrogen-bond donors (Lipinski definition) is 0. The van der Waals surface area contributed by atoms with Crippen molar-refractivity contribution in [2.24, 2.45) is 0 Å². The molecule has 0 aromatic heterocycles. The zero-order valence-electron chi connectivity index (χ0n) is 20.0. The van der Waals surface area contributed by atoms with Gasteiger partial charge in [0.15, 0.2) is 16.4 Å². The molecule has 1 amide bonds. The highest BCUT2D eigenvalue weighted by Crippen LogP contribution is 2.25. The van der Waals surface area contributed by atoms with Gasteiger partial charge in [-0.25, -0.2) is 8.42 Å². The van der Waals surface area contributed by atoms with Crippen LogP contribution >= 0.6 is 0 Å². The third-order valence-corrected chi connectivity index (χ3v) is 7.55. The summed E-state index contributed by atoms with van der Waals surface area (Å²) in [4.78, 5) is 14.8. The Labute approximate surface area is 197 Å². The summed E-state index contributed by atoms with van der Waals surface area (Å²) in [5.74, 6) is 1.29. The molecular formula is C26H35NO5S. The van der Waals surface area contributed by atoms with Gasteiger partial charge in [0.1, 0.15) is 11.5 Å². The quantitative estimate of drug-likeness (QED) is 0.541. The molecule has 180 valence electrons. The van der Waals surface area contributed by atoms with Gasteiger partial charge in [0.05, 0.1) is 18.1 Å². The number of amides is 1. The molecule has 0 bridgehead atoms. The number of ether oxygens (including phenoxy) is 2. The van der Waals surface area contributed by atoms with E-state index in [1.165, 1.54) is 5.56 Å². The highest BCUT2D eigenvalue weighted by atomic mass is 32.2. The molecular weight excluding hydrogens is 438 g/mol. The lowest BCUT2D eigenvalue weighted by molar-refractivity contribution is -0.136. The van der Waals surface area contributed by atoms with Crippen LogP contribution in [0.2, 0.25) is 0 Å². The van der Waals surface area contributed by atoms with Crippen LogP contribution in [0, 0.1) is 0 Å². The molecule has 1 aliphatic rings. The van der Waals surface area contributed by atoms with Crippen LogP contribution in [0.5, 0.6) is 11.5 Å². The number of rotatable bonds is 9. The second-order valence-corrected chi connectivity index (χ2v) is 11.9. The molecule has 2 aromatic carbocycles. The Kier molecular flexibility index (Phi) is 8.05. The number of carbonyl (C=O) groups excluding carboxylic acids is 1. The van der Waals surface area contributed by atoms with E-state index in [0.29, 0.717) is 25.3 Å². The third-order valence-electron chi connectivity index (χ3n) is 5.80. The monoisotopic (exact) mass is 473 g/mol. The lowest BCUT2D eigenvalue weighted by Crippen LogP contribution is -2.43. The Morgan fingerprint density at radius 1 is 1.00 bits per heavy atom. The van der Waals surface area contributed by atoms with E-state index in [2.05, 4.69) is 27.7 Å². The molecule has 0 radical (unpaired) electrons. The first-order valence-corrected chi connectivity index (χ1v) is 13.3. The van der Waals surface area contributed by atoms with Crippen molar-refractivity contribution in [3.05, 3.63) is 59.7 Å². The van der Waals surface area contributed by atoms with Crippen molar-refractivity contribution in [2.45, 2.75) is 58.5 Å². The third kappa shape index (κ3) is 7.22. The van der Waals surface area contributed by atoms with Gasteiger partial charge in [0.25, 0.3) is 5.91 Å². The molecule has 1 saturated heterocycles. The lowest BCUT2D eigenvalue weighted by atomic mass is 9.87. The van der Waals surface area contributed by atoms with Crippen LogP contribution in [0.3, 0.4) is 0 Å². The molecule has 33 heavy (non-hydrogen) atoms. The number of sulfone groups is 1. The molecule has 1 atom stereocenters. The topological polar surface area (TPSA) is 72.9 Å². The number of hydrogen-bond acceptors (Lipinski definition) is 5. The Hall–Kier alpha value is -2.54. The van der Waals surface area contributed by atoms with Gasteiger partial charge in [-0.05, 0) is 53.6 Å². The average Bonchev–Trinajstić information content (AvgIpc) is 3.14. The molecule has 0 saturated carbocycles. The van der Waals surface area contributed by atoms with Gasteiger partial charge in [0.2, 0.25) is 0 Å². The second kappa shape index (κ2) is 10.6. The van der Waals surface area contributed by atoms with Gasteiger partial charge in [-0.1, -0.05) is 52.0 Å². The largest absolute Gasteiger partial charge is 0.494 e. The molecule has 1 fully saturated rings. The standard InChI is InChI=1S/C26H35NO5S/c1-5-15-31-23-10-6-20(7-11-23)17-27(22-14-16-33(29,30)19-22)25(28)18-32-24-12-8-21(9-13-24)26(2,3)4/h6-13,22H,5,14-19H2,1-4H3. The SMILES string of the molecule is CCCOc1ccc(CN(C(=O)COc2ccc(C(C)(C)C)cc2)C2CCS(=O)(=O)C2)cc1. The van der Waals surface area contributed by atoms with E-state index >= 15 is 0 Å². The molecule has 7 heteroatoms. The summed E-state index contributed by atoms with van der Waals surface area (Å²) in [7, 11) is -3.12. The van der Waals surface area contributed by atoms with E-state index in [1.54, 1.807) is 4.90 Å². The van der Waals surface area contributed by atoms with Crippen molar-refractivity contribution < 1.29 is 22.7 Å². The van der Waals surface area contributed by atoms with Gasteiger partial charge in [-0.15, -0.1) is 0 Å². The van der Waals surface area contributed by atoms with E-state index in [0.717, 1.165) is 17.7 Å². The van der Waals surface area contributed by atoms with Crippen LogP contribution < -0.4 is 9.47 Å². The van der Waals surface area contributed by atoms with E-state index in [9.17, 15) is 13.2 Å². The highest BCUT2D eigenvalue weighted by Gasteiger charge is 2.34. The second-order valence-electron chi connectivity index (χ2n) is 9.63. The summed E-state index contributed by atoms with van der Waals surface area (Å²) in [6.45, 7) is 9.32. The number of nitrogens with zero attached hydrogens (tertiary/aromatic N) is 1. The zero-order chi connectivity index (χ0) is 24.1. The normalized spacial score (nSPS) is 17.5. The van der Waals surface area contributed by atoms with Crippen molar-refractivity contribution in [3.8, 4) is 11.5 Å². The molecule has 6 nitrogen and oxygen atoms in total. The van der Waals surface area contributed by atoms with Crippen molar-refractivity contribution in [1.29, 1.82) is 0 Å². The summed E-state index contributed by atoms with van der Waals surface area (Å²) in [6, 6.07) is 15.0. The highest BCUT2D eigenvalue weighted by molar-refractivity contribution is 7.91. The van der Waals surface area contributed by atoms with Crippen molar-refractivity contribution in [1.82, 2.24) is 4.90 Å². The minimum Gasteiger partial charge on any atom is -0.494 e. The predicted octanol–water partition coefficient (Wildman–Crippen LogP) is 4.37. The summed E-state index contributed by atoms with van der Waals surface area (Å²) in [6.07, 6.45) is 1.38. The van der Waals surface area contributed by atoms with Crippen LogP contribution in [0.4, 0.5) is 0 Å². The van der Waals surface area contributed by atoms with Crippen LogP contribution in [-0.4, -0.2) is 50.0 Å². The van der Waals surface area contributed by atoms with Crippen molar-refractivity contribution in [2.75, 3.05) is 24.7 Å². The first-order valence-electron chi connectivity index (χ1n) is 11.5. The Morgan fingerprint density at radius 3 is 2.15 bits per heavy atom. The summed E-state index contributed by atoms with van der Waals surface area (Å²) in [5, 5.41) is 0. The molecule has 1 unspecified atom stereocenters. The fourth-order valence-corrected chi connectivity index (χ4v) is 5.56. The predicted molar refractivity (Wildman–Crippen MR) is 130 cm³/mol. The van der Waals surface area contributed by atoms with Gasteiger partial charge in [0, 0.05) is 12.6 Å². The molecule has 3 rings (SSSR count). The maximum absolute atomic E-state index is 13.1. The maximum atomic E-state index is 13.1. The lowest BCUT2D eigenvalue weighted by Gasteiger charge is -2.28. The van der Waals surface area contributed by atoms with Crippen LogP contribution in [0.15, 0.2) is 48.5 Å². The molecule has 1 heterocycles. The summed E-state index contributed by atoms with van der Waals surface area (Å²) >= 11 is 0. The Bertz CT molecular complexity index is 1020. The minimum atomic E-state index is -3.12. The first-order chi connectivity index (χ1) is 15.6.